The number of carboxylic acids is 1. The number of aromatic nitrogens is 1. The Bertz CT molecular complexity index is 2440. The van der Waals surface area contributed by atoms with Crippen molar-refractivity contribution in [2.45, 2.75) is 68.0 Å². The maximum absolute atomic E-state index is 13.7. The second kappa shape index (κ2) is 21.9. The fourth-order valence-corrected chi connectivity index (χ4v) is 8.82. The van der Waals surface area contributed by atoms with Gasteiger partial charge in [0.25, 0.3) is 0 Å². The summed E-state index contributed by atoms with van der Waals surface area (Å²) >= 11 is 12.7. The number of nitrogens with one attached hydrogen (secondary N) is 2. The molecule has 2 bridgehead atoms. The van der Waals surface area contributed by atoms with E-state index in [1.165, 1.54) is 36.4 Å². The number of esters is 2. The van der Waals surface area contributed by atoms with E-state index in [0.29, 0.717) is 28.4 Å². The van der Waals surface area contributed by atoms with Crippen LogP contribution in [0.15, 0.2) is 90.1 Å². The lowest BCUT2D eigenvalue weighted by molar-refractivity contribution is -0.605. The van der Waals surface area contributed by atoms with Crippen LogP contribution in [-0.2, 0) is 40.3 Å². The highest BCUT2D eigenvalue weighted by atomic mass is 35.5. The minimum atomic E-state index is -5.08. The number of nitrogens with zero attached hydrogens (tertiary/aromatic N) is 2. The van der Waals surface area contributed by atoms with Crippen LogP contribution in [-0.4, -0.2) is 88.0 Å². The molecule has 4 fully saturated rings. The maximum Gasteiger partial charge on any atom is 0.490 e. The van der Waals surface area contributed by atoms with Crippen LogP contribution in [0.25, 0.3) is 0 Å². The predicted octanol–water partition coefficient (Wildman–Crippen LogP) is 7.25. The summed E-state index contributed by atoms with van der Waals surface area (Å²) in [6.45, 7) is -1.05. The number of benzene rings is 3. The fraction of sp³-hybridized carbons (Fsp3) is 0.395. The van der Waals surface area contributed by atoms with Gasteiger partial charge in [0.05, 0.1) is 11.5 Å². The van der Waals surface area contributed by atoms with E-state index in [1.807, 2.05) is 6.07 Å². The maximum atomic E-state index is 13.7. The number of anilines is 1. The Hall–Kier alpha value is -5.48. The second-order valence-corrected chi connectivity index (χ2v) is 18.2. The van der Waals surface area contributed by atoms with Crippen molar-refractivity contribution in [3.63, 3.8) is 0 Å². The van der Waals surface area contributed by atoms with Gasteiger partial charge in [-0.2, -0.15) is 31.4 Å². The van der Waals surface area contributed by atoms with Gasteiger partial charge >= 0.3 is 30.7 Å². The number of piperidine rings is 3. The number of aliphatic carboxylic acids is 1. The van der Waals surface area contributed by atoms with Gasteiger partial charge in [-0.15, -0.1) is 0 Å². The Morgan fingerprint density at radius 1 is 0.909 bits per heavy atom. The topological polar surface area (TPSA) is 197 Å². The smallest absolute Gasteiger partial charge is 0.490 e. The molecule has 3 N–H and O–H groups in total. The van der Waals surface area contributed by atoms with Crippen molar-refractivity contribution in [1.29, 1.82) is 0 Å². The van der Waals surface area contributed by atoms with Crippen LogP contribution in [0.1, 0.15) is 54.5 Å². The molecule has 0 amide bonds. The molecule has 1 aromatic heterocycles. The number of rotatable bonds is 18. The molecule has 15 nitrogen and oxygen atoms in total. The van der Waals surface area contributed by atoms with Gasteiger partial charge < -0.3 is 34.6 Å². The number of hydrogen-bond acceptors (Lipinski definition) is 12. The lowest BCUT2D eigenvalue weighted by Crippen LogP contribution is -2.52. The first-order chi connectivity index (χ1) is 31.2. The molecule has 1 unspecified atom stereocenters. The van der Waals surface area contributed by atoms with E-state index in [1.54, 1.807) is 30.3 Å². The van der Waals surface area contributed by atoms with Crippen molar-refractivity contribution in [1.82, 2.24) is 9.62 Å². The summed E-state index contributed by atoms with van der Waals surface area (Å²) in [5, 5.41) is 22.1. The molecule has 66 heavy (non-hydrogen) atoms. The highest BCUT2D eigenvalue weighted by Gasteiger charge is 2.39. The van der Waals surface area contributed by atoms with Gasteiger partial charge in [0.15, 0.2) is 29.9 Å². The average Bonchev–Trinajstić information content (AvgIpc) is 4.11. The van der Waals surface area contributed by atoms with Crippen LogP contribution in [0.5, 0.6) is 11.5 Å². The van der Waals surface area contributed by atoms with Gasteiger partial charge in [0, 0.05) is 24.2 Å². The van der Waals surface area contributed by atoms with Crippen LogP contribution in [0, 0.1) is 17.0 Å². The van der Waals surface area contributed by atoms with Gasteiger partial charge in [-0.05, 0) is 92.1 Å². The van der Waals surface area contributed by atoms with Crippen LogP contribution in [0.3, 0.4) is 0 Å². The molecule has 23 heteroatoms. The number of fused-ring (bicyclic) bond motifs is 3. The number of carbonyl (C=O) groups is 3. The molecule has 3 saturated heterocycles. The highest BCUT2D eigenvalue weighted by molar-refractivity contribution is 7.89. The average molecular weight is 990 g/mol. The Morgan fingerprint density at radius 2 is 1.58 bits per heavy atom. The number of alkyl halides is 5. The van der Waals surface area contributed by atoms with Crippen LogP contribution in [0.4, 0.5) is 27.6 Å². The van der Waals surface area contributed by atoms with Gasteiger partial charge in [-0.1, -0.05) is 65.7 Å². The number of sulfonamides is 1. The Labute approximate surface area is 385 Å². The molecule has 4 heterocycles. The van der Waals surface area contributed by atoms with Crippen molar-refractivity contribution in [2.24, 2.45) is 11.8 Å². The number of carboxylic acid groups (broad SMARTS) is 1. The first kappa shape index (κ1) is 49.9. The first-order valence-corrected chi connectivity index (χ1v) is 22.6. The fourth-order valence-electron chi connectivity index (χ4n) is 7.20. The van der Waals surface area contributed by atoms with E-state index in [9.17, 15) is 45.2 Å². The molecule has 3 aliphatic heterocycles. The Morgan fingerprint density at radius 3 is 2.17 bits per heavy atom. The number of pyridine rings is 1. The van der Waals surface area contributed by atoms with Gasteiger partial charge in [0.2, 0.25) is 10.0 Å². The molecular weight excluding hydrogens is 946 g/mol. The molecule has 4 aromatic rings. The summed E-state index contributed by atoms with van der Waals surface area (Å²) in [5.74, 6) is -3.95. The summed E-state index contributed by atoms with van der Waals surface area (Å²) in [5.41, 5.74) is 1.44. The monoisotopic (exact) mass is 988 g/mol. The molecule has 0 radical (unpaired) electrons. The largest absolute Gasteiger partial charge is 0.619 e. The molecule has 4 aliphatic rings. The van der Waals surface area contributed by atoms with Crippen molar-refractivity contribution < 1.29 is 73.5 Å². The Balaban J connectivity index is 0.000000952. The number of hydrogen-bond donors (Lipinski definition) is 3. The molecule has 1 saturated carbocycles. The van der Waals surface area contributed by atoms with Crippen molar-refractivity contribution in [3.05, 3.63) is 117 Å². The number of halogens is 7. The van der Waals surface area contributed by atoms with E-state index in [4.69, 9.17) is 47.3 Å². The minimum Gasteiger partial charge on any atom is -0.619 e. The zero-order valence-corrected chi connectivity index (χ0v) is 36.9. The second-order valence-electron chi connectivity index (χ2n) is 15.6. The van der Waals surface area contributed by atoms with Gasteiger partial charge in [-0.3, -0.25) is 9.69 Å². The lowest BCUT2D eigenvalue weighted by atomic mass is 9.86. The van der Waals surface area contributed by atoms with Crippen molar-refractivity contribution in [2.75, 3.05) is 38.1 Å². The highest BCUT2D eigenvalue weighted by Crippen LogP contribution is 2.38. The summed E-state index contributed by atoms with van der Waals surface area (Å²) in [4.78, 5) is 38.1. The molecule has 0 spiro atoms. The third-order valence-electron chi connectivity index (χ3n) is 10.8. The lowest BCUT2D eigenvalue weighted by Gasteiger charge is -2.44. The van der Waals surface area contributed by atoms with Crippen molar-refractivity contribution >= 4 is 56.8 Å². The molecule has 1 aliphatic carbocycles. The molecule has 3 atom stereocenters. The SMILES string of the molecule is O=C(CNS(=O)(=O)c1cccc(NC(C(=O)O[C@H]2CN3CCC2CC3)c2ccccc2)c1)O[C@@H](Cc1c(Cl)c[n+]([O-])cc1Cl)c1ccc(OC(F)F)c(OCC2CC2)c1.O=C(O)C(F)(F)F. The summed E-state index contributed by atoms with van der Waals surface area (Å²) in [7, 11) is -4.34. The van der Waals surface area contributed by atoms with E-state index >= 15 is 0 Å². The van der Waals surface area contributed by atoms with Crippen LogP contribution >= 0.6 is 23.2 Å². The quantitative estimate of drug-likeness (QED) is 0.0391. The van der Waals surface area contributed by atoms with Gasteiger partial charge in [0.1, 0.15) is 28.8 Å². The number of ether oxygens (including phenoxy) is 4. The normalized spacial score (nSPS) is 18.9. The van der Waals surface area contributed by atoms with E-state index < -0.39 is 59.4 Å². The predicted molar refractivity (Wildman–Crippen MR) is 226 cm³/mol. The van der Waals surface area contributed by atoms with Crippen molar-refractivity contribution in [3.8, 4) is 11.5 Å². The zero-order valence-electron chi connectivity index (χ0n) is 34.6. The number of carbonyl (C=O) groups excluding carboxylic acids is 2. The summed E-state index contributed by atoms with van der Waals surface area (Å²) < 4.78 is 110. The van der Waals surface area contributed by atoms with Crippen LogP contribution in [0.2, 0.25) is 10.0 Å². The molecule has 3 aromatic carbocycles. The van der Waals surface area contributed by atoms with Gasteiger partial charge in [-0.25, -0.2) is 18.0 Å². The molecule has 8 rings (SSSR count). The molecule has 356 valence electrons. The van der Waals surface area contributed by atoms with E-state index in [-0.39, 0.29) is 62.6 Å². The van der Waals surface area contributed by atoms with Crippen LogP contribution < -0.4 is 24.2 Å². The first-order valence-electron chi connectivity index (χ1n) is 20.4. The summed E-state index contributed by atoms with van der Waals surface area (Å²) in [6, 6.07) is 17.8. The third kappa shape index (κ3) is 14.0. The Kier molecular flexibility index (Phi) is 16.6. The summed E-state index contributed by atoms with van der Waals surface area (Å²) in [6.07, 6.45) is -0.821. The van der Waals surface area contributed by atoms with E-state index in [0.717, 1.165) is 51.2 Å². The molecular formula is C43H43Cl2F5N4O11S. The third-order valence-corrected chi connectivity index (χ3v) is 12.8. The zero-order chi connectivity index (χ0) is 47.8. The minimum absolute atomic E-state index is 0.0191. The van der Waals surface area contributed by atoms with E-state index in [2.05, 4.69) is 19.7 Å². The standard InChI is InChI=1S/C41H42Cl2F2N4O9S.C2HF3O2/c42-32-21-49(52)22-33(43)31(32)19-35(28-11-12-34(58-41(44)45)36(17-28)55-24-25-9-10-25)56-38(50)20-46-59(53,54)30-8-4-7-29(18-30)47-39(27-5-2-1-3-6-27)40(51)57-37-23-48-15-13-26(37)14-16-48;3-2(4,5)1(6)7/h1-8,11-12,17-18,21-22,25-26,35,37,39,41,46-47H,9-10,13-16,19-20,23-24H2;(H,6,7)/t35-,37-,39?;/m0./s1.